The summed E-state index contributed by atoms with van der Waals surface area (Å²) in [5.74, 6) is 4.75. The van der Waals surface area contributed by atoms with Crippen molar-refractivity contribution in [3.63, 3.8) is 0 Å². The van der Waals surface area contributed by atoms with Crippen molar-refractivity contribution in [3.05, 3.63) is 0 Å². The van der Waals surface area contributed by atoms with E-state index in [1.54, 1.807) is 12.2 Å². The Morgan fingerprint density at radius 3 is 1.50 bits per heavy atom. The van der Waals surface area contributed by atoms with Crippen molar-refractivity contribution in [3.8, 4) is 24.1 Å². The van der Waals surface area contributed by atoms with Gasteiger partial charge in [0, 0.05) is 12.8 Å². The van der Waals surface area contributed by atoms with E-state index in [2.05, 4.69) is 11.8 Å². The third kappa shape index (κ3) is 4.72. The zero-order valence-corrected chi connectivity index (χ0v) is 4.31. The van der Waals surface area contributed by atoms with Crippen LogP contribution in [0.25, 0.3) is 0 Å². The van der Waals surface area contributed by atoms with Crippen LogP contribution >= 0.6 is 0 Å². The van der Waals surface area contributed by atoms with Gasteiger partial charge < -0.3 is 10.2 Å². The van der Waals surface area contributed by atoms with Crippen LogP contribution in [0.15, 0.2) is 0 Å². The average molecular weight is 110 g/mol. The van der Waals surface area contributed by atoms with Crippen molar-refractivity contribution >= 4 is 0 Å². The molecule has 2 N–H and O–H groups in total. The van der Waals surface area contributed by atoms with E-state index >= 15 is 0 Å². The van der Waals surface area contributed by atoms with Crippen LogP contribution in [-0.4, -0.2) is 10.2 Å². The van der Waals surface area contributed by atoms with Crippen LogP contribution in [0.5, 0.6) is 0 Å². The summed E-state index contributed by atoms with van der Waals surface area (Å²) in [5.41, 5.74) is 0. The molecule has 0 saturated carbocycles. The lowest BCUT2D eigenvalue weighted by Crippen LogP contribution is -1.64. The van der Waals surface area contributed by atoms with Crippen molar-refractivity contribution in [1.29, 1.82) is 0 Å². The highest BCUT2D eigenvalue weighted by Gasteiger charge is 1.71. The molecule has 0 unspecified atom stereocenters. The van der Waals surface area contributed by atoms with Gasteiger partial charge in [-0.1, -0.05) is 11.8 Å². The number of hydrogen-bond donors (Lipinski definition) is 2. The van der Waals surface area contributed by atoms with Gasteiger partial charge in [-0.3, -0.25) is 0 Å². The first kappa shape index (κ1) is 6.72. The van der Waals surface area contributed by atoms with Crippen LogP contribution in [-0.2, 0) is 0 Å². The van der Waals surface area contributed by atoms with Crippen LogP contribution in [0.2, 0.25) is 0 Å². The molecule has 0 fully saturated rings. The van der Waals surface area contributed by atoms with Crippen molar-refractivity contribution in [2.75, 3.05) is 0 Å². The molecule has 8 heavy (non-hydrogen) atoms. The van der Waals surface area contributed by atoms with Crippen molar-refractivity contribution in [2.24, 2.45) is 0 Å². The Morgan fingerprint density at radius 2 is 1.25 bits per heavy atom. The first-order chi connectivity index (χ1) is 3.91. The molecule has 0 amide bonds. The fraction of sp³-hybridized carbons (Fsp3) is 0.333. The van der Waals surface area contributed by atoms with Gasteiger partial charge in [0.25, 0.3) is 0 Å². The molecule has 0 radical (unpaired) electrons. The summed E-state index contributed by atoms with van der Waals surface area (Å²) < 4.78 is 0. The fourth-order valence-corrected chi connectivity index (χ4v) is 0.237. The molecule has 0 atom stereocenters. The lowest BCUT2D eigenvalue weighted by atomic mass is 10.3. The Labute approximate surface area is 48.2 Å². The third-order valence-electron chi connectivity index (χ3n) is 0.533. The smallest absolute Gasteiger partial charge is 0.107 e. The van der Waals surface area contributed by atoms with Gasteiger partial charge in [0.1, 0.15) is 12.2 Å². The van der Waals surface area contributed by atoms with Gasteiger partial charge in [-0.2, -0.15) is 0 Å². The SMILES string of the molecule is OC#CCCC#CO. The summed E-state index contributed by atoms with van der Waals surface area (Å²) >= 11 is 0. The van der Waals surface area contributed by atoms with Gasteiger partial charge in [-0.15, -0.1) is 0 Å². The van der Waals surface area contributed by atoms with E-state index in [1.807, 2.05) is 0 Å². The van der Waals surface area contributed by atoms with Crippen LogP contribution < -0.4 is 0 Å². The van der Waals surface area contributed by atoms with E-state index in [4.69, 9.17) is 10.2 Å². The molecule has 0 saturated heterocycles. The summed E-state index contributed by atoms with van der Waals surface area (Å²) in [5, 5.41) is 15.8. The lowest BCUT2D eigenvalue weighted by molar-refractivity contribution is 0.514. The third-order valence-corrected chi connectivity index (χ3v) is 0.533. The number of hydrogen-bond acceptors (Lipinski definition) is 2. The molecule has 0 aromatic carbocycles. The highest BCUT2D eigenvalue weighted by molar-refractivity contribution is 4.97. The molecule has 42 valence electrons. The van der Waals surface area contributed by atoms with E-state index in [0.29, 0.717) is 12.8 Å². The zero-order valence-electron chi connectivity index (χ0n) is 4.31. The number of unbranched alkanes of at least 4 members (excludes halogenated alkanes) is 1. The Balaban J connectivity index is 3.10. The second kappa shape index (κ2) is 5.72. The normalized spacial score (nSPS) is 5.50. The maximum absolute atomic E-state index is 7.89. The predicted molar refractivity (Wildman–Crippen MR) is 28.7 cm³/mol. The maximum atomic E-state index is 7.89. The van der Waals surface area contributed by atoms with E-state index in [0.717, 1.165) is 0 Å². The number of rotatable bonds is 1. The summed E-state index contributed by atoms with van der Waals surface area (Å²) in [6, 6.07) is 0. The molecule has 0 aromatic rings. The number of aliphatic hydroxyl groups excluding tert-OH is 2. The molecule has 0 heterocycles. The minimum absolute atomic E-state index is 0.504. The molecule has 0 spiro atoms. The molecule has 0 aliphatic carbocycles. The quantitative estimate of drug-likeness (QED) is 0.379. The highest BCUT2D eigenvalue weighted by atomic mass is 16.2. The first-order valence-corrected chi connectivity index (χ1v) is 2.15. The summed E-state index contributed by atoms with van der Waals surface area (Å²) in [6.07, 6.45) is 4.46. The summed E-state index contributed by atoms with van der Waals surface area (Å²) in [7, 11) is 0. The van der Waals surface area contributed by atoms with Gasteiger partial charge in [0.2, 0.25) is 0 Å². The van der Waals surface area contributed by atoms with E-state index < -0.39 is 0 Å². The molecular formula is C6H6O2. The Hall–Kier alpha value is -1.28. The van der Waals surface area contributed by atoms with Crippen molar-refractivity contribution in [2.45, 2.75) is 12.8 Å². The summed E-state index contributed by atoms with van der Waals surface area (Å²) in [6.45, 7) is 0. The highest BCUT2D eigenvalue weighted by Crippen LogP contribution is 1.80. The largest absolute Gasteiger partial charge is 0.462 e. The van der Waals surface area contributed by atoms with Gasteiger partial charge in [0.05, 0.1) is 0 Å². The maximum Gasteiger partial charge on any atom is 0.107 e. The van der Waals surface area contributed by atoms with Crippen LogP contribution in [0.3, 0.4) is 0 Å². The Bertz CT molecular complexity index is 131. The predicted octanol–water partition coefficient (Wildman–Crippen LogP) is 0.433. The molecule has 0 aliphatic rings. The monoisotopic (exact) mass is 110 g/mol. The molecule has 0 aromatic heterocycles. The van der Waals surface area contributed by atoms with Gasteiger partial charge >= 0.3 is 0 Å². The van der Waals surface area contributed by atoms with Crippen molar-refractivity contribution in [1.82, 2.24) is 0 Å². The second-order valence-electron chi connectivity index (χ2n) is 1.08. The molecule has 2 nitrogen and oxygen atoms in total. The van der Waals surface area contributed by atoms with Crippen LogP contribution in [0, 0.1) is 24.1 Å². The zero-order chi connectivity index (χ0) is 6.24. The second-order valence-corrected chi connectivity index (χ2v) is 1.08. The standard InChI is InChI=1S/C6H6O2/c7-5-3-1-2-4-6-8/h7-8H,1-2H2. The molecule has 0 rings (SSSR count). The summed E-state index contributed by atoms with van der Waals surface area (Å²) in [4.78, 5) is 0. The average Bonchev–Trinajstić information content (AvgIpc) is 1.81. The molecule has 0 aliphatic heterocycles. The topological polar surface area (TPSA) is 40.5 Å². The van der Waals surface area contributed by atoms with E-state index in [9.17, 15) is 0 Å². The first-order valence-electron chi connectivity index (χ1n) is 2.15. The van der Waals surface area contributed by atoms with Gasteiger partial charge in [-0.05, 0) is 0 Å². The van der Waals surface area contributed by atoms with E-state index in [-0.39, 0.29) is 0 Å². The minimum atomic E-state index is 0.504. The lowest BCUT2D eigenvalue weighted by Gasteiger charge is -1.72. The van der Waals surface area contributed by atoms with Crippen molar-refractivity contribution < 1.29 is 10.2 Å². The van der Waals surface area contributed by atoms with E-state index in [1.165, 1.54) is 0 Å². The Morgan fingerprint density at radius 1 is 0.875 bits per heavy atom. The Kier molecular flexibility index (Phi) is 4.80. The number of aliphatic hydroxyl groups is 2. The van der Waals surface area contributed by atoms with Gasteiger partial charge in [0.15, 0.2) is 0 Å². The van der Waals surface area contributed by atoms with Gasteiger partial charge in [-0.25, -0.2) is 0 Å². The van der Waals surface area contributed by atoms with Crippen LogP contribution in [0.4, 0.5) is 0 Å². The molecular weight excluding hydrogens is 104 g/mol. The minimum Gasteiger partial charge on any atom is -0.462 e. The van der Waals surface area contributed by atoms with Crippen LogP contribution in [0.1, 0.15) is 12.8 Å². The molecule has 2 heteroatoms. The molecule has 0 bridgehead atoms. The fourth-order valence-electron chi connectivity index (χ4n) is 0.237.